The Kier molecular flexibility index (Phi) is 4.57. The zero-order valence-corrected chi connectivity index (χ0v) is 11.9. The van der Waals surface area contributed by atoms with Gasteiger partial charge in [0.15, 0.2) is 0 Å². The number of hydrogen-bond acceptors (Lipinski definition) is 4. The molecule has 1 saturated heterocycles. The standard InChI is InChI=1S/C14H20FN3O2/c1-9-10(7-16-17-9)8-18(2)14(19)12-6-11(15)4-5-13(12)20-3/h4-6,9-10,16-17H,7-8H2,1-3H3. The Labute approximate surface area is 118 Å². The normalized spacial score (nSPS) is 21.8. The first-order valence-corrected chi connectivity index (χ1v) is 6.60. The molecule has 5 nitrogen and oxygen atoms in total. The number of nitrogens with one attached hydrogen (secondary N) is 2. The number of rotatable bonds is 4. The van der Waals surface area contributed by atoms with Crippen LogP contribution in [0.25, 0.3) is 0 Å². The molecule has 1 fully saturated rings. The number of halogens is 1. The lowest BCUT2D eigenvalue weighted by molar-refractivity contribution is 0.0769. The van der Waals surface area contributed by atoms with Gasteiger partial charge in [-0.2, -0.15) is 0 Å². The van der Waals surface area contributed by atoms with Crippen LogP contribution in [0.15, 0.2) is 18.2 Å². The van der Waals surface area contributed by atoms with Crippen LogP contribution in [0, 0.1) is 11.7 Å². The first-order valence-electron chi connectivity index (χ1n) is 6.60. The Morgan fingerprint density at radius 2 is 2.30 bits per heavy atom. The summed E-state index contributed by atoms with van der Waals surface area (Å²) in [5.74, 6) is 0.0306. The molecule has 2 N–H and O–H groups in total. The highest BCUT2D eigenvalue weighted by molar-refractivity contribution is 5.96. The van der Waals surface area contributed by atoms with E-state index in [-0.39, 0.29) is 11.5 Å². The van der Waals surface area contributed by atoms with Gasteiger partial charge in [-0.3, -0.25) is 15.6 Å². The largest absolute Gasteiger partial charge is 0.496 e. The van der Waals surface area contributed by atoms with E-state index in [0.29, 0.717) is 24.3 Å². The summed E-state index contributed by atoms with van der Waals surface area (Å²) in [4.78, 5) is 14.0. The molecule has 1 aliphatic rings. The minimum absolute atomic E-state index is 0.236. The summed E-state index contributed by atoms with van der Waals surface area (Å²) in [6.45, 7) is 3.46. The molecule has 0 aliphatic carbocycles. The van der Waals surface area contributed by atoms with Gasteiger partial charge in [0.25, 0.3) is 5.91 Å². The first-order chi connectivity index (χ1) is 9.52. The fraction of sp³-hybridized carbons (Fsp3) is 0.500. The molecule has 1 aliphatic heterocycles. The number of nitrogens with zero attached hydrogens (tertiary/aromatic N) is 1. The highest BCUT2D eigenvalue weighted by atomic mass is 19.1. The molecule has 1 heterocycles. The van der Waals surface area contributed by atoms with Crippen LogP contribution >= 0.6 is 0 Å². The highest BCUT2D eigenvalue weighted by Gasteiger charge is 2.26. The number of hydrogen-bond donors (Lipinski definition) is 2. The summed E-state index contributed by atoms with van der Waals surface area (Å²) in [6.07, 6.45) is 0. The van der Waals surface area contributed by atoms with Crippen LogP contribution in [0.3, 0.4) is 0 Å². The molecule has 1 amide bonds. The molecule has 6 heteroatoms. The number of methoxy groups -OCH3 is 1. The molecule has 0 bridgehead atoms. The molecule has 1 aromatic rings. The Morgan fingerprint density at radius 1 is 1.55 bits per heavy atom. The van der Waals surface area contributed by atoms with Gasteiger partial charge >= 0.3 is 0 Å². The van der Waals surface area contributed by atoms with E-state index < -0.39 is 5.82 Å². The first kappa shape index (κ1) is 14.7. The van der Waals surface area contributed by atoms with E-state index in [1.165, 1.54) is 25.3 Å². The molecular formula is C14H20FN3O2. The van der Waals surface area contributed by atoms with Crippen molar-refractivity contribution in [3.63, 3.8) is 0 Å². The number of amides is 1. The monoisotopic (exact) mass is 281 g/mol. The van der Waals surface area contributed by atoms with Crippen molar-refractivity contribution in [3.8, 4) is 5.75 Å². The zero-order valence-electron chi connectivity index (χ0n) is 11.9. The van der Waals surface area contributed by atoms with Gasteiger partial charge in [0.2, 0.25) is 0 Å². The molecule has 0 saturated carbocycles. The van der Waals surface area contributed by atoms with E-state index in [9.17, 15) is 9.18 Å². The van der Waals surface area contributed by atoms with Crippen molar-refractivity contribution >= 4 is 5.91 Å². The van der Waals surface area contributed by atoms with Crippen molar-refractivity contribution in [2.75, 3.05) is 27.2 Å². The molecule has 2 unspecified atom stereocenters. The van der Waals surface area contributed by atoms with E-state index in [0.717, 1.165) is 6.54 Å². The second kappa shape index (κ2) is 6.19. The van der Waals surface area contributed by atoms with Crippen molar-refractivity contribution in [1.82, 2.24) is 15.8 Å². The van der Waals surface area contributed by atoms with Crippen LogP contribution in [0.1, 0.15) is 17.3 Å². The van der Waals surface area contributed by atoms with Crippen LogP contribution in [-0.4, -0.2) is 44.1 Å². The van der Waals surface area contributed by atoms with Crippen LogP contribution in [0.4, 0.5) is 4.39 Å². The summed E-state index contributed by atoms with van der Waals surface area (Å²) in [5.41, 5.74) is 6.43. The minimum atomic E-state index is -0.444. The van der Waals surface area contributed by atoms with Gasteiger partial charge in [0.05, 0.1) is 12.7 Å². The van der Waals surface area contributed by atoms with Crippen LogP contribution in [0.5, 0.6) is 5.75 Å². The number of ether oxygens (including phenoxy) is 1. The molecule has 0 spiro atoms. The quantitative estimate of drug-likeness (QED) is 0.865. The Balaban J connectivity index is 2.12. The smallest absolute Gasteiger partial charge is 0.257 e. The van der Waals surface area contributed by atoms with Crippen molar-refractivity contribution in [2.45, 2.75) is 13.0 Å². The van der Waals surface area contributed by atoms with Crippen molar-refractivity contribution in [1.29, 1.82) is 0 Å². The lowest BCUT2D eigenvalue weighted by Gasteiger charge is -2.23. The highest BCUT2D eigenvalue weighted by Crippen LogP contribution is 2.21. The minimum Gasteiger partial charge on any atom is -0.496 e. The van der Waals surface area contributed by atoms with Crippen molar-refractivity contribution in [3.05, 3.63) is 29.6 Å². The third-order valence-corrected chi connectivity index (χ3v) is 3.65. The van der Waals surface area contributed by atoms with E-state index in [4.69, 9.17) is 4.74 Å². The van der Waals surface area contributed by atoms with Crippen LogP contribution < -0.4 is 15.6 Å². The Morgan fingerprint density at radius 3 is 2.90 bits per heavy atom. The lowest BCUT2D eigenvalue weighted by Crippen LogP contribution is -2.37. The van der Waals surface area contributed by atoms with Gasteiger partial charge in [-0.25, -0.2) is 4.39 Å². The maximum atomic E-state index is 13.3. The van der Waals surface area contributed by atoms with E-state index in [1.54, 1.807) is 11.9 Å². The summed E-state index contributed by atoms with van der Waals surface area (Å²) >= 11 is 0. The summed E-state index contributed by atoms with van der Waals surface area (Å²) < 4.78 is 18.5. The van der Waals surface area contributed by atoms with E-state index in [1.807, 2.05) is 0 Å². The average Bonchev–Trinajstić information content (AvgIpc) is 2.83. The second-order valence-corrected chi connectivity index (χ2v) is 5.10. The maximum Gasteiger partial charge on any atom is 0.257 e. The molecular weight excluding hydrogens is 261 g/mol. The average molecular weight is 281 g/mol. The Hall–Kier alpha value is -1.66. The molecule has 0 aromatic heterocycles. The second-order valence-electron chi connectivity index (χ2n) is 5.10. The van der Waals surface area contributed by atoms with Crippen LogP contribution in [0.2, 0.25) is 0 Å². The predicted octanol–water partition coefficient (Wildman–Crippen LogP) is 1.02. The number of carbonyl (C=O) groups excluding carboxylic acids is 1. The van der Waals surface area contributed by atoms with Crippen molar-refractivity contribution in [2.24, 2.45) is 5.92 Å². The van der Waals surface area contributed by atoms with Gasteiger partial charge in [-0.15, -0.1) is 0 Å². The van der Waals surface area contributed by atoms with Gasteiger partial charge in [-0.05, 0) is 25.1 Å². The molecule has 2 rings (SSSR count). The number of hydrazine groups is 1. The van der Waals surface area contributed by atoms with Gasteiger partial charge < -0.3 is 9.64 Å². The molecule has 20 heavy (non-hydrogen) atoms. The fourth-order valence-electron chi connectivity index (χ4n) is 2.36. The van der Waals surface area contributed by atoms with Crippen LogP contribution in [-0.2, 0) is 0 Å². The van der Waals surface area contributed by atoms with Crippen molar-refractivity contribution < 1.29 is 13.9 Å². The lowest BCUT2D eigenvalue weighted by atomic mass is 10.0. The zero-order chi connectivity index (χ0) is 14.7. The third-order valence-electron chi connectivity index (χ3n) is 3.65. The number of benzene rings is 1. The predicted molar refractivity (Wildman–Crippen MR) is 74.0 cm³/mol. The van der Waals surface area contributed by atoms with Gasteiger partial charge in [0, 0.05) is 32.1 Å². The molecule has 110 valence electrons. The molecule has 2 atom stereocenters. The van der Waals surface area contributed by atoms with Gasteiger partial charge in [-0.1, -0.05) is 0 Å². The van der Waals surface area contributed by atoms with E-state index >= 15 is 0 Å². The fourth-order valence-corrected chi connectivity index (χ4v) is 2.36. The summed E-state index contributed by atoms with van der Waals surface area (Å²) in [5, 5.41) is 0. The maximum absolute atomic E-state index is 13.3. The number of carbonyl (C=O) groups is 1. The third kappa shape index (κ3) is 3.08. The molecule has 1 aromatic carbocycles. The van der Waals surface area contributed by atoms with E-state index in [2.05, 4.69) is 17.8 Å². The summed E-state index contributed by atoms with van der Waals surface area (Å²) in [7, 11) is 3.19. The SMILES string of the molecule is COc1ccc(F)cc1C(=O)N(C)CC1CNNC1C. The topological polar surface area (TPSA) is 53.6 Å². The van der Waals surface area contributed by atoms with Gasteiger partial charge in [0.1, 0.15) is 11.6 Å². The molecule has 0 radical (unpaired) electrons. The summed E-state index contributed by atoms with van der Waals surface area (Å²) in [6, 6.07) is 4.26. The Bertz CT molecular complexity index is 495.